The first-order valence-corrected chi connectivity index (χ1v) is 7.74. The molecule has 0 fully saturated rings. The minimum atomic E-state index is 0.514. The molecule has 1 heterocycles. The number of benzene rings is 2. The van der Waals surface area contributed by atoms with Crippen molar-refractivity contribution in [1.29, 1.82) is 0 Å². The first-order valence-electron chi connectivity index (χ1n) is 7.74. The number of hydrogen-bond donors (Lipinski definition) is 2. The molecule has 0 aliphatic heterocycles. The van der Waals surface area contributed by atoms with E-state index in [2.05, 4.69) is 20.6 Å². The average Bonchev–Trinajstić information content (AvgIpc) is 2.61. The standard InChI is InChI=1S/C18H20N4O2/c1-4-19-17-15-7-5-6-8-16(15)21-18(22-17)20-12-9-13(23-2)11-14(10-12)24-3/h5-11H,4H2,1-3H3,(H2,19,20,21,22). The zero-order valence-corrected chi connectivity index (χ0v) is 14.0. The van der Waals surface area contributed by atoms with Crippen LogP contribution in [0.5, 0.6) is 11.5 Å². The first kappa shape index (κ1) is 15.9. The Morgan fingerprint density at radius 1 is 0.958 bits per heavy atom. The molecule has 124 valence electrons. The van der Waals surface area contributed by atoms with E-state index in [0.29, 0.717) is 17.4 Å². The third kappa shape index (κ3) is 3.32. The topological polar surface area (TPSA) is 68.3 Å². The smallest absolute Gasteiger partial charge is 0.229 e. The fourth-order valence-corrected chi connectivity index (χ4v) is 2.44. The Balaban J connectivity index is 2.01. The molecule has 0 amide bonds. The van der Waals surface area contributed by atoms with Gasteiger partial charge < -0.3 is 20.1 Å². The number of para-hydroxylation sites is 1. The van der Waals surface area contributed by atoms with Gasteiger partial charge in [-0.1, -0.05) is 12.1 Å². The summed E-state index contributed by atoms with van der Waals surface area (Å²) in [7, 11) is 3.24. The van der Waals surface area contributed by atoms with Crippen LogP contribution in [0.2, 0.25) is 0 Å². The van der Waals surface area contributed by atoms with Crippen molar-refractivity contribution in [2.75, 3.05) is 31.4 Å². The van der Waals surface area contributed by atoms with Crippen molar-refractivity contribution < 1.29 is 9.47 Å². The van der Waals surface area contributed by atoms with Gasteiger partial charge in [0.2, 0.25) is 5.95 Å². The predicted octanol–water partition coefficient (Wildman–Crippen LogP) is 3.82. The molecule has 0 saturated carbocycles. The van der Waals surface area contributed by atoms with E-state index in [9.17, 15) is 0 Å². The molecule has 0 unspecified atom stereocenters. The summed E-state index contributed by atoms with van der Waals surface area (Å²) < 4.78 is 10.6. The molecule has 0 atom stereocenters. The molecule has 3 aromatic rings. The second kappa shape index (κ2) is 7.04. The number of aromatic nitrogens is 2. The van der Waals surface area contributed by atoms with E-state index < -0.39 is 0 Å². The summed E-state index contributed by atoms with van der Waals surface area (Å²) >= 11 is 0. The molecular weight excluding hydrogens is 304 g/mol. The van der Waals surface area contributed by atoms with Crippen LogP contribution in [0.3, 0.4) is 0 Å². The lowest BCUT2D eigenvalue weighted by Gasteiger charge is -2.12. The van der Waals surface area contributed by atoms with Gasteiger partial charge in [-0.3, -0.25) is 0 Å². The molecule has 2 aromatic carbocycles. The molecule has 0 saturated heterocycles. The summed E-state index contributed by atoms with van der Waals surface area (Å²) in [6.45, 7) is 2.82. The van der Waals surface area contributed by atoms with E-state index in [4.69, 9.17) is 9.47 Å². The van der Waals surface area contributed by atoms with E-state index in [1.54, 1.807) is 14.2 Å². The maximum absolute atomic E-state index is 5.29. The highest BCUT2D eigenvalue weighted by Crippen LogP contribution is 2.28. The van der Waals surface area contributed by atoms with Crippen LogP contribution in [-0.2, 0) is 0 Å². The van der Waals surface area contributed by atoms with Gasteiger partial charge in [0.25, 0.3) is 0 Å². The Labute approximate surface area is 140 Å². The monoisotopic (exact) mass is 324 g/mol. The molecule has 1 aromatic heterocycles. The Morgan fingerprint density at radius 3 is 2.33 bits per heavy atom. The van der Waals surface area contributed by atoms with Gasteiger partial charge in [-0.05, 0) is 19.1 Å². The van der Waals surface area contributed by atoms with Crippen LogP contribution < -0.4 is 20.1 Å². The lowest BCUT2D eigenvalue weighted by molar-refractivity contribution is 0.395. The second-order valence-corrected chi connectivity index (χ2v) is 5.17. The van der Waals surface area contributed by atoms with Crippen molar-refractivity contribution in [2.45, 2.75) is 6.92 Å². The quantitative estimate of drug-likeness (QED) is 0.718. The van der Waals surface area contributed by atoms with Gasteiger partial charge in [0, 0.05) is 35.8 Å². The lowest BCUT2D eigenvalue weighted by Crippen LogP contribution is -2.05. The second-order valence-electron chi connectivity index (χ2n) is 5.17. The minimum Gasteiger partial charge on any atom is -0.497 e. The van der Waals surface area contributed by atoms with Crippen LogP contribution in [0.4, 0.5) is 17.5 Å². The Bertz CT molecular complexity index is 829. The fourth-order valence-electron chi connectivity index (χ4n) is 2.44. The van der Waals surface area contributed by atoms with Crippen molar-refractivity contribution in [1.82, 2.24) is 9.97 Å². The van der Waals surface area contributed by atoms with Crippen molar-refractivity contribution in [3.63, 3.8) is 0 Å². The number of fused-ring (bicyclic) bond motifs is 1. The Kier molecular flexibility index (Phi) is 4.65. The van der Waals surface area contributed by atoms with Gasteiger partial charge in [0.1, 0.15) is 17.3 Å². The zero-order chi connectivity index (χ0) is 16.9. The number of nitrogens with zero attached hydrogens (tertiary/aromatic N) is 2. The van der Waals surface area contributed by atoms with Crippen molar-refractivity contribution in [3.05, 3.63) is 42.5 Å². The first-order chi connectivity index (χ1) is 11.7. The lowest BCUT2D eigenvalue weighted by atomic mass is 10.2. The minimum absolute atomic E-state index is 0.514. The van der Waals surface area contributed by atoms with Crippen LogP contribution in [0.1, 0.15) is 6.92 Å². The fraction of sp³-hybridized carbons (Fsp3) is 0.222. The molecule has 24 heavy (non-hydrogen) atoms. The van der Waals surface area contributed by atoms with Gasteiger partial charge in [0.05, 0.1) is 19.7 Å². The highest BCUT2D eigenvalue weighted by Gasteiger charge is 2.08. The molecule has 0 spiro atoms. The average molecular weight is 324 g/mol. The molecule has 0 bridgehead atoms. The molecule has 0 aliphatic rings. The van der Waals surface area contributed by atoms with Gasteiger partial charge in [-0.25, -0.2) is 4.98 Å². The van der Waals surface area contributed by atoms with Crippen molar-refractivity contribution in [2.24, 2.45) is 0 Å². The van der Waals surface area contributed by atoms with E-state index in [1.807, 2.05) is 49.4 Å². The van der Waals surface area contributed by atoms with Gasteiger partial charge in [0.15, 0.2) is 0 Å². The van der Waals surface area contributed by atoms with E-state index >= 15 is 0 Å². The summed E-state index contributed by atoms with van der Waals surface area (Å²) in [6, 6.07) is 13.5. The summed E-state index contributed by atoms with van der Waals surface area (Å²) in [5.41, 5.74) is 1.67. The number of anilines is 3. The Hall–Kier alpha value is -3.02. The number of hydrogen-bond acceptors (Lipinski definition) is 6. The zero-order valence-electron chi connectivity index (χ0n) is 14.0. The maximum atomic E-state index is 5.29. The highest BCUT2D eigenvalue weighted by molar-refractivity contribution is 5.90. The van der Waals surface area contributed by atoms with Crippen LogP contribution >= 0.6 is 0 Å². The molecule has 0 radical (unpaired) electrons. The Morgan fingerprint density at radius 2 is 1.67 bits per heavy atom. The number of rotatable bonds is 6. The summed E-state index contributed by atoms with van der Waals surface area (Å²) in [4.78, 5) is 9.16. The number of nitrogens with one attached hydrogen (secondary N) is 2. The SMILES string of the molecule is CCNc1nc(Nc2cc(OC)cc(OC)c2)nc2ccccc12. The highest BCUT2D eigenvalue weighted by atomic mass is 16.5. The number of methoxy groups -OCH3 is 2. The van der Waals surface area contributed by atoms with Crippen LogP contribution in [0, 0.1) is 0 Å². The molecule has 6 nitrogen and oxygen atoms in total. The van der Waals surface area contributed by atoms with E-state index in [-0.39, 0.29) is 0 Å². The number of ether oxygens (including phenoxy) is 2. The maximum Gasteiger partial charge on any atom is 0.229 e. The largest absolute Gasteiger partial charge is 0.497 e. The van der Waals surface area contributed by atoms with Gasteiger partial charge in [-0.2, -0.15) is 4.98 Å². The van der Waals surface area contributed by atoms with E-state index in [1.165, 1.54) is 0 Å². The summed E-state index contributed by atoms with van der Waals surface area (Å²) in [5, 5.41) is 7.50. The van der Waals surface area contributed by atoms with Crippen LogP contribution in [-0.4, -0.2) is 30.7 Å². The molecule has 0 aliphatic carbocycles. The van der Waals surface area contributed by atoms with Crippen LogP contribution in [0.15, 0.2) is 42.5 Å². The van der Waals surface area contributed by atoms with Crippen molar-refractivity contribution in [3.8, 4) is 11.5 Å². The molecular formula is C18H20N4O2. The molecule has 2 N–H and O–H groups in total. The predicted molar refractivity (Wildman–Crippen MR) is 96.5 cm³/mol. The van der Waals surface area contributed by atoms with Gasteiger partial charge >= 0.3 is 0 Å². The summed E-state index contributed by atoms with van der Waals surface area (Å²) in [6.07, 6.45) is 0. The normalized spacial score (nSPS) is 10.5. The third-order valence-corrected chi connectivity index (χ3v) is 3.56. The van der Waals surface area contributed by atoms with Gasteiger partial charge in [-0.15, -0.1) is 0 Å². The molecule has 6 heteroatoms. The van der Waals surface area contributed by atoms with E-state index in [0.717, 1.165) is 29.0 Å². The summed E-state index contributed by atoms with van der Waals surface area (Å²) in [5.74, 6) is 2.72. The van der Waals surface area contributed by atoms with Crippen molar-refractivity contribution >= 4 is 28.4 Å². The third-order valence-electron chi connectivity index (χ3n) is 3.56. The van der Waals surface area contributed by atoms with Crippen LogP contribution in [0.25, 0.3) is 10.9 Å². The molecule has 3 rings (SSSR count).